The van der Waals surface area contributed by atoms with Crippen molar-refractivity contribution in [1.29, 1.82) is 0 Å². The summed E-state index contributed by atoms with van der Waals surface area (Å²) in [5.41, 5.74) is 7.37. The number of amides is 1. The molecule has 1 aromatic rings. The first-order valence-electron chi connectivity index (χ1n) is 6.38. The second-order valence-corrected chi connectivity index (χ2v) is 5.98. The van der Waals surface area contributed by atoms with Crippen LogP contribution in [0.4, 0.5) is 5.69 Å². The molecule has 0 aliphatic carbocycles. The summed E-state index contributed by atoms with van der Waals surface area (Å²) in [7, 11) is 1.85. The van der Waals surface area contributed by atoms with Gasteiger partial charge in [0.25, 0.3) is 0 Å². The normalized spacial score (nSPS) is 10.8. The van der Waals surface area contributed by atoms with Crippen molar-refractivity contribution in [2.75, 3.05) is 25.0 Å². The number of anilines is 1. The van der Waals surface area contributed by atoms with Crippen molar-refractivity contribution in [3.63, 3.8) is 0 Å². The van der Waals surface area contributed by atoms with E-state index < -0.39 is 0 Å². The Kier molecular flexibility index (Phi) is 6.31. The van der Waals surface area contributed by atoms with Crippen LogP contribution in [-0.2, 0) is 11.3 Å². The van der Waals surface area contributed by atoms with Gasteiger partial charge in [-0.3, -0.25) is 4.79 Å². The van der Waals surface area contributed by atoms with Crippen molar-refractivity contribution in [2.45, 2.75) is 20.4 Å². The Hall–Kier alpha value is -1.07. The zero-order valence-electron chi connectivity index (χ0n) is 11.7. The van der Waals surface area contributed by atoms with Crippen LogP contribution in [0.25, 0.3) is 0 Å². The Labute approximate surface area is 123 Å². The van der Waals surface area contributed by atoms with Gasteiger partial charge in [0.1, 0.15) is 0 Å². The lowest BCUT2D eigenvalue weighted by atomic mass is 10.1. The molecule has 1 aromatic carbocycles. The number of benzene rings is 1. The topological polar surface area (TPSA) is 58.4 Å². The second-order valence-electron chi connectivity index (χ2n) is 5.12. The maximum absolute atomic E-state index is 10.9. The molecule has 5 heteroatoms. The monoisotopic (exact) mass is 327 g/mol. The van der Waals surface area contributed by atoms with E-state index in [1.54, 1.807) is 0 Å². The molecule has 1 amide bonds. The third-order valence-electron chi connectivity index (χ3n) is 2.74. The van der Waals surface area contributed by atoms with E-state index in [1.165, 1.54) is 5.56 Å². The highest BCUT2D eigenvalue weighted by molar-refractivity contribution is 9.10. The molecule has 0 radical (unpaired) electrons. The smallest absolute Gasteiger partial charge is 0.236 e. The van der Waals surface area contributed by atoms with E-state index in [-0.39, 0.29) is 12.5 Å². The minimum Gasteiger partial charge on any atom is -0.368 e. The Morgan fingerprint density at radius 1 is 1.47 bits per heavy atom. The maximum atomic E-state index is 10.9. The summed E-state index contributed by atoms with van der Waals surface area (Å²) < 4.78 is 1.04. The van der Waals surface area contributed by atoms with Gasteiger partial charge in [0.15, 0.2) is 0 Å². The molecular formula is C14H22BrN3O. The van der Waals surface area contributed by atoms with Gasteiger partial charge in [-0.15, -0.1) is 0 Å². The van der Waals surface area contributed by atoms with E-state index in [0.717, 1.165) is 23.2 Å². The third-order valence-corrected chi connectivity index (χ3v) is 3.48. The molecule has 0 atom stereocenters. The molecule has 4 nitrogen and oxygen atoms in total. The van der Waals surface area contributed by atoms with Gasteiger partial charge in [-0.2, -0.15) is 0 Å². The molecule has 0 saturated carbocycles. The molecule has 0 heterocycles. The fourth-order valence-corrected chi connectivity index (χ4v) is 2.24. The maximum Gasteiger partial charge on any atom is 0.236 e. The summed E-state index contributed by atoms with van der Waals surface area (Å²) in [4.78, 5) is 12.7. The SMILES string of the molecule is CC(C)CNCc1ccc(N(C)CC(N)=O)cc1Br. The number of rotatable bonds is 7. The van der Waals surface area contributed by atoms with Crippen molar-refractivity contribution in [3.05, 3.63) is 28.2 Å². The summed E-state index contributed by atoms with van der Waals surface area (Å²) in [5, 5.41) is 3.41. The van der Waals surface area contributed by atoms with Crippen LogP contribution >= 0.6 is 15.9 Å². The van der Waals surface area contributed by atoms with Crippen molar-refractivity contribution in [2.24, 2.45) is 11.7 Å². The zero-order chi connectivity index (χ0) is 14.4. The van der Waals surface area contributed by atoms with E-state index in [2.05, 4.69) is 41.2 Å². The minimum absolute atomic E-state index is 0.220. The highest BCUT2D eigenvalue weighted by Gasteiger charge is 2.07. The Bertz CT molecular complexity index is 435. The van der Waals surface area contributed by atoms with Gasteiger partial charge >= 0.3 is 0 Å². The lowest BCUT2D eigenvalue weighted by Crippen LogP contribution is -2.30. The predicted octanol–water partition coefficient (Wildman–Crippen LogP) is 2.12. The second kappa shape index (κ2) is 7.50. The average Bonchev–Trinajstić information content (AvgIpc) is 2.29. The van der Waals surface area contributed by atoms with Crippen LogP contribution in [0, 0.1) is 5.92 Å². The molecule has 19 heavy (non-hydrogen) atoms. The van der Waals surface area contributed by atoms with Crippen LogP contribution in [0.1, 0.15) is 19.4 Å². The summed E-state index contributed by atoms with van der Waals surface area (Å²) >= 11 is 3.57. The van der Waals surface area contributed by atoms with Gasteiger partial charge in [0, 0.05) is 23.8 Å². The molecule has 0 aliphatic heterocycles. The van der Waals surface area contributed by atoms with Gasteiger partial charge in [-0.1, -0.05) is 35.8 Å². The molecule has 0 fully saturated rings. The standard InChI is InChI=1S/C14H22BrN3O/c1-10(2)7-17-8-11-4-5-12(6-13(11)15)18(3)9-14(16)19/h4-6,10,17H,7-9H2,1-3H3,(H2,16,19). The highest BCUT2D eigenvalue weighted by atomic mass is 79.9. The molecule has 0 aromatic heterocycles. The molecule has 0 spiro atoms. The van der Waals surface area contributed by atoms with Crippen LogP contribution in [-0.4, -0.2) is 26.0 Å². The van der Waals surface area contributed by atoms with E-state index in [0.29, 0.717) is 5.92 Å². The summed E-state index contributed by atoms with van der Waals surface area (Å²) in [6, 6.07) is 6.07. The van der Waals surface area contributed by atoms with Crippen LogP contribution in [0.3, 0.4) is 0 Å². The fourth-order valence-electron chi connectivity index (χ4n) is 1.74. The quantitative estimate of drug-likeness (QED) is 0.806. The van der Waals surface area contributed by atoms with Crippen LogP contribution in [0.15, 0.2) is 22.7 Å². The van der Waals surface area contributed by atoms with E-state index in [1.807, 2.05) is 24.1 Å². The molecular weight excluding hydrogens is 306 g/mol. The van der Waals surface area contributed by atoms with E-state index in [9.17, 15) is 4.79 Å². The largest absolute Gasteiger partial charge is 0.368 e. The number of primary amides is 1. The molecule has 0 saturated heterocycles. The first-order chi connectivity index (χ1) is 8.90. The van der Waals surface area contributed by atoms with Crippen LogP contribution in [0.2, 0.25) is 0 Å². The van der Waals surface area contributed by atoms with Gasteiger partial charge in [0.05, 0.1) is 6.54 Å². The van der Waals surface area contributed by atoms with Gasteiger partial charge < -0.3 is 16.0 Å². The lowest BCUT2D eigenvalue weighted by molar-refractivity contribution is -0.116. The Morgan fingerprint density at radius 2 is 2.16 bits per heavy atom. The minimum atomic E-state index is -0.332. The number of nitrogens with zero attached hydrogens (tertiary/aromatic N) is 1. The number of nitrogens with one attached hydrogen (secondary N) is 1. The van der Waals surface area contributed by atoms with Crippen LogP contribution < -0.4 is 16.0 Å². The summed E-state index contributed by atoms with van der Waals surface area (Å²) in [6.07, 6.45) is 0. The molecule has 3 N–H and O–H groups in total. The first-order valence-corrected chi connectivity index (χ1v) is 7.18. The molecule has 1 rings (SSSR count). The van der Waals surface area contributed by atoms with Crippen molar-refractivity contribution in [1.82, 2.24) is 5.32 Å². The van der Waals surface area contributed by atoms with Crippen molar-refractivity contribution in [3.8, 4) is 0 Å². The molecule has 0 bridgehead atoms. The van der Waals surface area contributed by atoms with Crippen molar-refractivity contribution >= 4 is 27.5 Å². The highest BCUT2D eigenvalue weighted by Crippen LogP contribution is 2.23. The number of nitrogens with two attached hydrogens (primary N) is 1. The van der Waals surface area contributed by atoms with Gasteiger partial charge in [-0.25, -0.2) is 0 Å². The van der Waals surface area contributed by atoms with E-state index in [4.69, 9.17) is 5.73 Å². The molecule has 106 valence electrons. The average molecular weight is 328 g/mol. The molecule has 0 aliphatic rings. The number of likely N-dealkylation sites (N-methyl/N-ethyl adjacent to an activating group) is 1. The number of hydrogen-bond acceptors (Lipinski definition) is 3. The van der Waals surface area contributed by atoms with Gasteiger partial charge in [0.2, 0.25) is 5.91 Å². The number of carbonyl (C=O) groups excluding carboxylic acids is 1. The Morgan fingerprint density at radius 3 is 2.68 bits per heavy atom. The van der Waals surface area contributed by atoms with Gasteiger partial charge in [-0.05, 0) is 30.2 Å². The fraction of sp³-hybridized carbons (Fsp3) is 0.500. The summed E-state index contributed by atoms with van der Waals surface area (Å²) in [5.74, 6) is 0.307. The Balaban J connectivity index is 2.66. The van der Waals surface area contributed by atoms with Crippen LogP contribution in [0.5, 0.6) is 0 Å². The number of hydrogen-bond donors (Lipinski definition) is 2. The molecule has 0 unspecified atom stereocenters. The summed E-state index contributed by atoms with van der Waals surface area (Å²) in [6.45, 7) is 6.42. The predicted molar refractivity (Wildman–Crippen MR) is 83.2 cm³/mol. The number of halogens is 1. The van der Waals surface area contributed by atoms with E-state index >= 15 is 0 Å². The van der Waals surface area contributed by atoms with Crippen molar-refractivity contribution < 1.29 is 4.79 Å². The number of carbonyl (C=O) groups is 1. The lowest BCUT2D eigenvalue weighted by Gasteiger charge is -2.18. The third kappa shape index (κ3) is 5.61. The zero-order valence-corrected chi connectivity index (χ0v) is 13.3. The first kappa shape index (κ1) is 16.0.